The van der Waals surface area contributed by atoms with E-state index in [0.717, 1.165) is 22.5 Å². The molecule has 0 saturated carbocycles. The second-order valence-electron chi connectivity index (χ2n) is 7.82. The van der Waals surface area contributed by atoms with Crippen molar-refractivity contribution in [2.75, 3.05) is 10.0 Å². The van der Waals surface area contributed by atoms with Gasteiger partial charge in [-0.25, -0.2) is 13.1 Å². The zero-order valence-electron chi connectivity index (χ0n) is 18.5. The molecule has 0 fully saturated rings. The molecule has 4 rings (SSSR count). The van der Waals surface area contributed by atoms with E-state index in [1.54, 1.807) is 59.4 Å². The highest BCUT2D eigenvalue weighted by Crippen LogP contribution is 2.20. The summed E-state index contributed by atoms with van der Waals surface area (Å²) in [5.41, 5.74) is 5.16. The quantitative estimate of drug-likeness (QED) is 0.430. The molecule has 0 aliphatic carbocycles. The van der Waals surface area contributed by atoms with Crippen LogP contribution in [0, 0.1) is 20.8 Å². The van der Waals surface area contributed by atoms with E-state index in [2.05, 4.69) is 15.1 Å². The van der Waals surface area contributed by atoms with Crippen molar-refractivity contribution in [3.05, 3.63) is 101 Å². The minimum absolute atomic E-state index is 0.194. The molecule has 1 heterocycles. The Morgan fingerprint density at radius 2 is 1.61 bits per heavy atom. The Morgan fingerprint density at radius 3 is 2.27 bits per heavy atom. The normalized spacial score (nSPS) is 11.2. The number of aryl methyl sites for hydroxylation is 3. The first-order valence-electron chi connectivity index (χ1n) is 10.4. The third-order valence-electron chi connectivity index (χ3n) is 5.37. The van der Waals surface area contributed by atoms with Crippen molar-refractivity contribution in [3.8, 4) is 5.69 Å². The van der Waals surface area contributed by atoms with Crippen LogP contribution in [0.3, 0.4) is 0 Å². The molecule has 0 saturated heterocycles. The van der Waals surface area contributed by atoms with Gasteiger partial charge in [0, 0.05) is 28.8 Å². The number of carbonyl (C=O) groups excluding carboxylic acids is 1. The first kappa shape index (κ1) is 22.3. The molecule has 8 heteroatoms. The summed E-state index contributed by atoms with van der Waals surface area (Å²) in [5, 5.41) is 7.15. The predicted molar refractivity (Wildman–Crippen MR) is 129 cm³/mol. The van der Waals surface area contributed by atoms with Crippen LogP contribution >= 0.6 is 0 Å². The summed E-state index contributed by atoms with van der Waals surface area (Å²) in [7, 11) is -3.72. The fraction of sp³-hybridized carbons (Fsp3) is 0.120. The summed E-state index contributed by atoms with van der Waals surface area (Å²) in [5.74, 6) is -0.298. The molecular formula is C25H24N4O3S. The van der Waals surface area contributed by atoms with Crippen molar-refractivity contribution >= 4 is 27.3 Å². The van der Waals surface area contributed by atoms with Crippen LogP contribution in [0.4, 0.5) is 11.4 Å². The molecule has 168 valence electrons. The maximum Gasteiger partial charge on any atom is 0.261 e. The van der Waals surface area contributed by atoms with Crippen LogP contribution in [0.5, 0.6) is 0 Å². The summed E-state index contributed by atoms with van der Waals surface area (Å²) < 4.78 is 29.7. The van der Waals surface area contributed by atoms with Crippen LogP contribution in [0.2, 0.25) is 0 Å². The van der Waals surface area contributed by atoms with Crippen molar-refractivity contribution in [2.45, 2.75) is 25.7 Å². The number of rotatable bonds is 6. The van der Waals surface area contributed by atoms with E-state index in [9.17, 15) is 13.2 Å². The molecule has 0 radical (unpaired) electrons. The van der Waals surface area contributed by atoms with Gasteiger partial charge in [-0.3, -0.25) is 9.52 Å². The van der Waals surface area contributed by atoms with Crippen molar-refractivity contribution < 1.29 is 13.2 Å². The number of hydrogen-bond acceptors (Lipinski definition) is 4. The molecule has 3 aromatic carbocycles. The number of carbonyl (C=O) groups is 1. The van der Waals surface area contributed by atoms with E-state index in [0.29, 0.717) is 16.9 Å². The SMILES string of the molecule is Cc1ccc(S(=O)(=O)Nc2ccc(C(=O)Nc3cccc(-n4nccc4C)c3)cc2)cc1C. The van der Waals surface area contributed by atoms with Crippen molar-refractivity contribution in [1.82, 2.24) is 9.78 Å². The van der Waals surface area contributed by atoms with E-state index in [1.807, 2.05) is 45.0 Å². The van der Waals surface area contributed by atoms with Gasteiger partial charge in [0.05, 0.1) is 10.6 Å². The van der Waals surface area contributed by atoms with Crippen molar-refractivity contribution in [2.24, 2.45) is 0 Å². The molecule has 0 bridgehead atoms. The molecule has 1 aromatic heterocycles. The first-order valence-corrected chi connectivity index (χ1v) is 11.8. The minimum Gasteiger partial charge on any atom is -0.322 e. The summed E-state index contributed by atoms with van der Waals surface area (Å²) >= 11 is 0. The zero-order valence-corrected chi connectivity index (χ0v) is 19.3. The van der Waals surface area contributed by atoms with Gasteiger partial charge >= 0.3 is 0 Å². The first-order chi connectivity index (χ1) is 15.7. The summed E-state index contributed by atoms with van der Waals surface area (Å²) in [6, 6.07) is 20.6. The van der Waals surface area contributed by atoms with Gasteiger partial charge in [0.1, 0.15) is 0 Å². The molecule has 2 N–H and O–H groups in total. The standard InChI is InChI=1S/C25H24N4O3S/c1-17-7-12-24(15-18(17)2)33(31,32)28-21-10-8-20(9-11-21)25(30)27-22-5-4-6-23(16-22)29-19(3)13-14-26-29/h4-16,28H,1-3H3,(H,27,30). The number of amides is 1. The fourth-order valence-electron chi connectivity index (χ4n) is 3.34. The average Bonchev–Trinajstić information content (AvgIpc) is 3.22. The summed E-state index contributed by atoms with van der Waals surface area (Å²) in [4.78, 5) is 12.9. The third kappa shape index (κ3) is 4.96. The molecule has 0 atom stereocenters. The Balaban J connectivity index is 1.46. The lowest BCUT2D eigenvalue weighted by Gasteiger charge is -2.11. The van der Waals surface area contributed by atoms with Crippen molar-refractivity contribution in [1.29, 1.82) is 0 Å². The van der Waals surface area contributed by atoms with Crippen LogP contribution in [0.15, 0.2) is 83.9 Å². The van der Waals surface area contributed by atoms with Crippen LogP contribution in [0.25, 0.3) is 5.69 Å². The number of hydrogen-bond donors (Lipinski definition) is 2. The Hall–Kier alpha value is -3.91. The molecule has 4 aromatic rings. The van der Waals surface area contributed by atoms with Gasteiger partial charge in [-0.2, -0.15) is 5.10 Å². The van der Waals surface area contributed by atoms with Crippen LogP contribution < -0.4 is 10.0 Å². The molecule has 0 aliphatic heterocycles. The lowest BCUT2D eigenvalue weighted by Crippen LogP contribution is -2.14. The number of aromatic nitrogens is 2. The second kappa shape index (κ2) is 8.91. The number of benzene rings is 3. The fourth-order valence-corrected chi connectivity index (χ4v) is 4.49. The zero-order chi connectivity index (χ0) is 23.6. The van der Waals surface area contributed by atoms with E-state index in [4.69, 9.17) is 0 Å². The van der Waals surface area contributed by atoms with E-state index in [1.165, 1.54) is 0 Å². The highest BCUT2D eigenvalue weighted by Gasteiger charge is 2.15. The molecule has 7 nitrogen and oxygen atoms in total. The van der Waals surface area contributed by atoms with Crippen molar-refractivity contribution in [3.63, 3.8) is 0 Å². The Bertz CT molecular complexity index is 1420. The van der Waals surface area contributed by atoms with Gasteiger partial charge in [-0.05, 0) is 92.6 Å². The Labute approximate surface area is 193 Å². The largest absolute Gasteiger partial charge is 0.322 e. The van der Waals surface area contributed by atoms with Crippen LogP contribution in [0.1, 0.15) is 27.2 Å². The van der Waals surface area contributed by atoms with Gasteiger partial charge in [0.25, 0.3) is 15.9 Å². The Kier molecular flexibility index (Phi) is 6.02. The Morgan fingerprint density at radius 1 is 0.848 bits per heavy atom. The van der Waals surface area contributed by atoms with Crippen LogP contribution in [-0.2, 0) is 10.0 Å². The van der Waals surface area contributed by atoms with Gasteiger partial charge in [-0.15, -0.1) is 0 Å². The molecule has 33 heavy (non-hydrogen) atoms. The number of sulfonamides is 1. The topological polar surface area (TPSA) is 93.1 Å². The van der Waals surface area contributed by atoms with Crippen LogP contribution in [-0.4, -0.2) is 24.1 Å². The molecule has 0 aliphatic rings. The maximum absolute atomic E-state index is 12.7. The number of nitrogens with one attached hydrogen (secondary N) is 2. The molecular weight excluding hydrogens is 436 g/mol. The lowest BCUT2D eigenvalue weighted by atomic mass is 10.1. The highest BCUT2D eigenvalue weighted by molar-refractivity contribution is 7.92. The predicted octanol–water partition coefficient (Wildman–Crippen LogP) is 4.85. The molecule has 1 amide bonds. The van der Waals surface area contributed by atoms with Gasteiger partial charge < -0.3 is 5.32 Å². The number of anilines is 2. The van der Waals surface area contributed by atoms with Gasteiger partial charge in [0.15, 0.2) is 0 Å². The lowest BCUT2D eigenvalue weighted by molar-refractivity contribution is 0.102. The summed E-state index contributed by atoms with van der Waals surface area (Å²) in [6.07, 6.45) is 1.72. The molecule has 0 spiro atoms. The summed E-state index contributed by atoms with van der Waals surface area (Å²) in [6.45, 7) is 5.75. The molecule has 0 unspecified atom stereocenters. The van der Waals surface area contributed by atoms with Gasteiger partial charge in [0.2, 0.25) is 0 Å². The van der Waals surface area contributed by atoms with Gasteiger partial charge in [-0.1, -0.05) is 12.1 Å². The maximum atomic E-state index is 12.7. The monoisotopic (exact) mass is 460 g/mol. The second-order valence-corrected chi connectivity index (χ2v) is 9.50. The highest BCUT2D eigenvalue weighted by atomic mass is 32.2. The van der Waals surface area contributed by atoms with E-state index in [-0.39, 0.29) is 10.8 Å². The average molecular weight is 461 g/mol. The minimum atomic E-state index is -3.72. The smallest absolute Gasteiger partial charge is 0.261 e. The third-order valence-corrected chi connectivity index (χ3v) is 6.75. The van der Waals surface area contributed by atoms with E-state index < -0.39 is 10.0 Å². The van der Waals surface area contributed by atoms with E-state index >= 15 is 0 Å². The number of nitrogens with zero attached hydrogens (tertiary/aromatic N) is 2.